The summed E-state index contributed by atoms with van der Waals surface area (Å²) in [6, 6.07) is 6.48. The number of benzene rings is 1. The fourth-order valence-corrected chi connectivity index (χ4v) is 3.22. The molecular weight excluding hydrogens is 254 g/mol. The Balaban J connectivity index is 2.05. The van der Waals surface area contributed by atoms with Crippen LogP contribution in [0.5, 0.6) is 0 Å². The lowest BCUT2D eigenvalue weighted by Crippen LogP contribution is -2.18. The summed E-state index contributed by atoms with van der Waals surface area (Å²) in [5, 5.41) is 0. The molecule has 1 aliphatic heterocycles. The van der Waals surface area contributed by atoms with Gasteiger partial charge in [-0.2, -0.15) is 4.31 Å². The van der Waals surface area contributed by atoms with Gasteiger partial charge in [-0.05, 0) is 19.1 Å². The Kier molecular flexibility index (Phi) is 3.41. The number of aryl methyl sites for hydroxylation is 1. The predicted octanol–water partition coefficient (Wildman–Crippen LogP) is 0.931. The van der Waals surface area contributed by atoms with Gasteiger partial charge in [0.1, 0.15) is 6.61 Å². The van der Waals surface area contributed by atoms with Gasteiger partial charge in [0.2, 0.25) is 10.0 Å². The number of hydrogen-bond acceptors (Lipinski definition) is 4. The monoisotopic (exact) mass is 269 g/mol. The quantitative estimate of drug-likeness (QED) is 0.602. The van der Waals surface area contributed by atoms with Gasteiger partial charge in [-0.15, -0.1) is 0 Å². The van der Waals surface area contributed by atoms with E-state index in [4.69, 9.17) is 4.74 Å². The Labute approximate surface area is 106 Å². The smallest absolute Gasteiger partial charge is 0.302 e. The molecule has 0 aliphatic carbocycles. The molecule has 2 unspecified atom stereocenters. The molecule has 0 spiro atoms. The van der Waals surface area contributed by atoms with Crippen LogP contribution in [0.25, 0.3) is 0 Å². The summed E-state index contributed by atoms with van der Waals surface area (Å²) in [5.74, 6) is -0.394. The van der Waals surface area contributed by atoms with E-state index < -0.39 is 16.0 Å². The van der Waals surface area contributed by atoms with E-state index in [0.717, 1.165) is 5.56 Å². The van der Waals surface area contributed by atoms with Crippen LogP contribution < -0.4 is 0 Å². The molecule has 1 fully saturated rings. The van der Waals surface area contributed by atoms with E-state index in [9.17, 15) is 13.2 Å². The van der Waals surface area contributed by atoms with E-state index in [1.54, 1.807) is 24.3 Å². The van der Waals surface area contributed by atoms with Gasteiger partial charge in [-0.1, -0.05) is 17.7 Å². The van der Waals surface area contributed by atoms with Crippen molar-refractivity contribution in [3.63, 3.8) is 0 Å². The van der Waals surface area contributed by atoms with Crippen molar-refractivity contribution >= 4 is 16.0 Å². The maximum Gasteiger partial charge on any atom is 0.302 e. The summed E-state index contributed by atoms with van der Waals surface area (Å²) in [6.07, 6.45) is 0. The molecule has 1 aromatic carbocycles. The van der Waals surface area contributed by atoms with Crippen LogP contribution in [-0.4, -0.2) is 37.9 Å². The van der Waals surface area contributed by atoms with Crippen LogP contribution in [0.1, 0.15) is 12.5 Å². The summed E-state index contributed by atoms with van der Waals surface area (Å²) in [6.45, 7) is 3.74. The Morgan fingerprint density at radius 2 is 2.00 bits per heavy atom. The molecule has 2 atom stereocenters. The Morgan fingerprint density at radius 3 is 2.56 bits per heavy atom. The lowest BCUT2D eigenvalue weighted by molar-refractivity contribution is -0.141. The van der Waals surface area contributed by atoms with E-state index in [2.05, 4.69) is 0 Å². The van der Waals surface area contributed by atoms with Gasteiger partial charge in [-0.3, -0.25) is 4.79 Å². The summed E-state index contributed by atoms with van der Waals surface area (Å²) in [7, 11) is -3.44. The second-order valence-corrected chi connectivity index (χ2v) is 6.23. The van der Waals surface area contributed by atoms with E-state index in [1.807, 2.05) is 6.92 Å². The van der Waals surface area contributed by atoms with Crippen molar-refractivity contribution in [3.8, 4) is 0 Å². The third kappa shape index (κ3) is 2.70. The Bertz CT molecular complexity index is 550. The van der Waals surface area contributed by atoms with Crippen LogP contribution in [0.2, 0.25) is 0 Å². The first-order valence-corrected chi connectivity index (χ1v) is 7.07. The highest BCUT2D eigenvalue weighted by atomic mass is 32.2. The van der Waals surface area contributed by atoms with Crippen LogP contribution >= 0.6 is 0 Å². The Morgan fingerprint density at radius 1 is 1.39 bits per heavy atom. The van der Waals surface area contributed by atoms with Crippen molar-refractivity contribution in [2.45, 2.75) is 24.8 Å². The van der Waals surface area contributed by atoms with Crippen molar-refractivity contribution in [1.29, 1.82) is 0 Å². The van der Waals surface area contributed by atoms with E-state index >= 15 is 0 Å². The van der Waals surface area contributed by atoms with Crippen LogP contribution in [-0.2, 0) is 19.6 Å². The highest BCUT2D eigenvalue weighted by Gasteiger charge is 2.45. The number of ether oxygens (including phenoxy) is 1. The van der Waals surface area contributed by atoms with Gasteiger partial charge in [0.25, 0.3) is 0 Å². The number of carbonyl (C=O) groups is 1. The molecule has 0 saturated carbocycles. The number of hydrogen-bond donors (Lipinski definition) is 0. The maximum atomic E-state index is 12.1. The topological polar surface area (TPSA) is 63.5 Å². The van der Waals surface area contributed by atoms with Gasteiger partial charge >= 0.3 is 5.97 Å². The molecule has 5 nitrogen and oxygen atoms in total. The van der Waals surface area contributed by atoms with Gasteiger partial charge in [0.05, 0.1) is 10.9 Å². The van der Waals surface area contributed by atoms with Crippen molar-refractivity contribution in [3.05, 3.63) is 29.8 Å². The number of carbonyl (C=O) groups excluding carboxylic acids is 1. The number of nitrogens with zero attached hydrogens (tertiary/aromatic N) is 1. The van der Waals surface area contributed by atoms with Crippen molar-refractivity contribution in [2.24, 2.45) is 0 Å². The minimum Gasteiger partial charge on any atom is -0.464 e. The molecule has 0 radical (unpaired) electrons. The average Bonchev–Trinajstić information content (AvgIpc) is 3.07. The molecule has 1 aromatic rings. The minimum absolute atomic E-state index is 0.125. The second kappa shape index (κ2) is 4.70. The molecule has 0 N–H and O–H groups in total. The predicted molar refractivity (Wildman–Crippen MR) is 65.5 cm³/mol. The van der Waals surface area contributed by atoms with Crippen LogP contribution in [0.4, 0.5) is 0 Å². The first-order chi connectivity index (χ1) is 8.41. The molecule has 0 bridgehead atoms. The zero-order chi connectivity index (χ0) is 13.3. The van der Waals surface area contributed by atoms with Crippen LogP contribution in [0, 0.1) is 6.92 Å². The highest BCUT2D eigenvalue weighted by Crippen LogP contribution is 2.28. The van der Waals surface area contributed by atoms with Crippen molar-refractivity contribution in [1.82, 2.24) is 4.31 Å². The maximum absolute atomic E-state index is 12.1. The summed E-state index contributed by atoms with van der Waals surface area (Å²) in [4.78, 5) is 10.9. The molecule has 0 amide bonds. The largest absolute Gasteiger partial charge is 0.464 e. The zero-order valence-corrected chi connectivity index (χ0v) is 11.1. The SMILES string of the molecule is CC(=O)OCC1CN1S(=O)(=O)c1ccc(C)cc1. The van der Waals surface area contributed by atoms with Crippen molar-refractivity contribution < 1.29 is 17.9 Å². The summed E-state index contributed by atoms with van der Waals surface area (Å²) < 4.78 is 30.4. The van der Waals surface area contributed by atoms with E-state index in [1.165, 1.54) is 11.2 Å². The molecule has 1 aliphatic rings. The van der Waals surface area contributed by atoms with Crippen molar-refractivity contribution in [2.75, 3.05) is 13.2 Å². The third-order valence-electron chi connectivity index (χ3n) is 2.77. The fourth-order valence-electron chi connectivity index (χ4n) is 1.65. The summed E-state index contributed by atoms with van der Waals surface area (Å²) >= 11 is 0. The highest BCUT2D eigenvalue weighted by molar-refractivity contribution is 7.89. The first-order valence-electron chi connectivity index (χ1n) is 5.63. The minimum atomic E-state index is -3.44. The number of sulfonamides is 1. The molecule has 1 heterocycles. The standard InChI is InChI=1S/C12H15NO4S/c1-9-3-5-12(6-4-9)18(15,16)13-7-11(13)8-17-10(2)14/h3-6,11H,7-8H2,1-2H3. The van der Waals surface area contributed by atoms with Crippen LogP contribution in [0.15, 0.2) is 29.2 Å². The molecule has 1 saturated heterocycles. The molecule has 0 aromatic heterocycles. The average molecular weight is 269 g/mol. The number of esters is 1. The van der Waals surface area contributed by atoms with Gasteiger partial charge in [-0.25, -0.2) is 8.42 Å². The first kappa shape index (κ1) is 13.0. The van der Waals surface area contributed by atoms with Gasteiger partial charge in [0, 0.05) is 13.5 Å². The van der Waals surface area contributed by atoms with Gasteiger partial charge < -0.3 is 4.74 Å². The van der Waals surface area contributed by atoms with E-state index in [-0.39, 0.29) is 17.5 Å². The summed E-state index contributed by atoms with van der Waals surface area (Å²) in [5.41, 5.74) is 1.01. The molecule has 2 rings (SSSR count). The molecular formula is C12H15NO4S. The Hall–Kier alpha value is -1.40. The van der Waals surface area contributed by atoms with E-state index in [0.29, 0.717) is 6.54 Å². The van der Waals surface area contributed by atoms with Crippen LogP contribution in [0.3, 0.4) is 0 Å². The zero-order valence-electron chi connectivity index (χ0n) is 10.3. The molecule has 6 heteroatoms. The molecule has 18 heavy (non-hydrogen) atoms. The molecule has 98 valence electrons. The number of rotatable bonds is 4. The fraction of sp³-hybridized carbons (Fsp3) is 0.417. The lowest BCUT2D eigenvalue weighted by atomic mass is 10.2. The normalized spacial score (nSPS) is 22.6. The lowest BCUT2D eigenvalue weighted by Gasteiger charge is -2.06. The second-order valence-electron chi connectivity index (χ2n) is 4.34. The third-order valence-corrected chi connectivity index (χ3v) is 4.70. The van der Waals surface area contributed by atoms with Gasteiger partial charge in [0.15, 0.2) is 0 Å².